The van der Waals surface area contributed by atoms with Crippen molar-refractivity contribution >= 4 is 0 Å². The minimum Gasteiger partial charge on any atom is -0.335 e. The molecular weight excluding hydrogens is 150 g/mol. The second-order valence-corrected chi connectivity index (χ2v) is 2.85. The summed E-state index contributed by atoms with van der Waals surface area (Å²) in [5.41, 5.74) is 1.14. The van der Waals surface area contributed by atoms with E-state index in [0.717, 1.165) is 31.2 Å². The Bertz CT molecular complexity index is 240. The molecule has 1 heterocycles. The van der Waals surface area contributed by atoms with Gasteiger partial charge in [0.1, 0.15) is 5.82 Å². The van der Waals surface area contributed by atoms with Crippen molar-refractivity contribution in [2.75, 3.05) is 6.54 Å². The molecule has 1 aromatic heterocycles. The summed E-state index contributed by atoms with van der Waals surface area (Å²) in [6, 6.07) is 0. The summed E-state index contributed by atoms with van der Waals surface area (Å²) >= 11 is 0. The summed E-state index contributed by atoms with van der Waals surface area (Å²) in [5.74, 6) is 1.10. The van der Waals surface area contributed by atoms with Crippen molar-refractivity contribution in [2.24, 2.45) is 0 Å². The lowest BCUT2D eigenvalue weighted by molar-refractivity contribution is 0.710. The van der Waals surface area contributed by atoms with E-state index in [1.807, 2.05) is 6.92 Å². The molecule has 0 aliphatic rings. The Balaban J connectivity index is 2.62. The summed E-state index contributed by atoms with van der Waals surface area (Å²) in [4.78, 5) is 4.42. The van der Waals surface area contributed by atoms with Crippen molar-refractivity contribution in [1.82, 2.24) is 14.9 Å². The van der Waals surface area contributed by atoms with Gasteiger partial charge in [-0.25, -0.2) is 4.98 Å². The maximum Gasteiger partial charge on any atom is 0.105 e. The first-order valence-corrected chi connectivity index (χ1v) is 4.51. The molecule has 0 aliphatic carbocycles. The molecule has 0 aromatic carbocycles. The molecule has 0 fully saturated rings. The van der Waals surface area contributed by atoms with Crippen LogP contribution in [0.4, 0.5) is 0 Å². The lowest BCUT2D eigenvalue weighted by Crippen LogP contribution is -2.11. The molecule has 0 spiro atoms. The third kappa shape index (κ3) is 2.08. The fourth-order valence-electron chi connectivity index (χ4n) is 1.23. The van der Waals surface area contributed by atoms with Crippen LogP contribution in [0.2, 0.25) is 0 Å². The lowest BCUT2D eigenvalue weighted by atomic mass is 10.4. The van der Waals surface area contributed by atoms with E-state index in [1.165, 1.54) is 0 Å². The highest BCUT2D eigenvalue weighted by Crippen LogP contribution is 2.01. The molecule has 1 rings (SSSR count). The predicted molar refractivity (Wildman–Crippen MR) is 50.0 cm³/mol. The van der Waals surface area contributed by atoms with Crippen LogP contribution in [0.5, 0.6) is 0 Å². The first-order chi connectivity index (χ1) is 5.77. The number of aryl methyl sites for hydroxylation is 2. The van der Waals surface area contributed by atoms with Crippen molar-refractivity contribution in [3.63, 3.8) is 0 Å². The molecule has 3 heteroatoms. The molecule has 68 valence electrons. The number of nitrogens with zero attached hydrogens (tertiary/aromatic N) is 2. The van der Waals surface area contributed by atoms with E-state index in [4.69, 9.17) is 0 Å². The summed E-state index contributed by atoms with van der Waals surface area (Å²) < 4.78 is 2.16. The molecule has 0 amide bonds. The second-order valence-electron chi connectivity index (χ2n) is 2.85. The van der Waals surface area contributed by atoms with Gasteiger partial charge in [0.2, 0.25) is 0 Å². The van der Waals surface area contributed by atoms with Crippen molar-refractivity contribution in [2.45, 2.75) is 33.9 Å². The van der Waals surface area contributed by atoms with Crippen LogP contribution in [0.25, 0.3) is 0 Å². The Morgan fingerprint density at radius 2 is 2.25 bits per heavy atom. The van der Waals surface area contributed by atoms with E-state index in [9.17, 15) is 0 Å². The number of nitrogens with one attached hydrogen (secondary N) is 1. The van der Waals surface area contributed by atoms with Gasteiger partial charge in [0, 0.05) is 19.3 Å². The van der Waals surface area contributed by atoms with Crippen LogP contribution >= 0.6 is 0 Å². The smallest absolute Gasteiger partial charge is 0.105 e. The van der Waals surface area contributed by atoms with Crippen molar-refractivity contribution < 1.29 is 0 Å². The summed E-state index contributed by atoms with van der Waals surface area (Å²) in [5, 5.41) is 3.25. The Labute approximate surface area is 73.8 Å². The van der Waals surface area contributed by atoms with Crippen LogP contribution in [0, 0.1) is 6.92 Å². The van der Waals surface area contributed by atoms with Crippen molar-refractivity contribution in [3.8, 4) is 0 Å². The summed E-state index contributed by atoms with van der Waals surface area (Å²) in [6.45, 7) is 9.15. The van der Waals surface area contributed by atoms with E-state index in [1.54, 1.807) is 0 Å². The predicted octanol–water partition coefficient (Wildman–Crippen LogP) is 1.32. The van der Waals surface area contributed by atoms with Gasteiger partial charge in [-0.05, 0) is 20.4 Å². The average Bonchev–Trinajstić information content (AvgIpc) is 2.43. The van der Waals surface area contributed by atoms with Crippen LogP contribution in [-0.2, 0) is 13.1 Å². The first-order valence-electron chi connectivity index (χ1n) is 4.51. The van der Waals surface area contributed by atoms with E-state index in [-0.39, 0.29) is 0 Å². The minimum atomic E-state index is 0.879. The van der Waals surface area contributed by atoms with E-state index < -0.39 is 0 Å². The van der Waals surface area contributed by atoms with Gasteiger partial charge in [-0.15, -0.1) is 0 Å². The Morgan fingerprint density at radius 1 is 1.50 bits per heavy atom. The van der Waals surface area contributed by atoms with Gasteiger partial charge >= 0.3 is 0 Å². The molecule has 0 saturated carbocycles. The molecule has 3 nitrogen and oxygen atoms in total. The van der Waals surface area contributed by atoms with Gasteiger partial charge in [0.05, 0.1) is 5.69 Å². The maximum absolute atomic E-state index is 4.42. The van der Waals surface area contributed by atoms with Gasteiger partial charge in [0.25, 0.3) is 0 Å². The average molecular weight is 167 g/mol. The molecule has 12 heavy (non-hydrogen) atoms. The highest BCUT2D eigenvalue weighted by atomic mass is 15.1. The van der Waals surface area contributed by atoms with E-state index in [0.29, 0.717) is 0 Å². The standard InChI is InChI=1S/C9H17N3/c1-4-10-6-9-7-12(5-2)8(3)11-9/h7,10H,4-6H2,1-3H3. The summed E-state index contributed by atoms with van der Waals surface area (Å²) in [6.07, 6.45) is 2.11. The zero-order chi connectivity index (χ0) is 8.97. The van der Waals surface area contributed by atoms with Gasteiger partial charge in [0.15, 0.2) is 0 Å². The molecule has 0 bridgehead atoms. The number of imidazole rings is 1. The first kappa shape index (κ1) is 9.26. The van der Waals surface area contributed by atoms with E-state index >= 15 is 0 Å². The lowest BCUT2D eigenvalue weighted by Gasteiger charge is -1.96. The SMILES string of the molecule is CCNCc1cn(CC)c(C)n1. The topological polar surface area (TPSA) is 29.9 Å². The Morgan fingerprint density at radius 3 is 2.75 bits per heavy atom. The fraction of sp³-hybridized carbons (Fsp3) is 0.667. The molecular formula is C9H17N3. The van der Waals surface area contributed by atoms with Crippen LogP contribution in [0.3, 0.4) is 0 Å². The Kier molecular flexibility index (Phi) is 3.29. The molecule has 1 aromatic rings. The fourth-order valence-corrected chi connectivity index (χ4v) is 1.23. The molecule has 0 atom stereocenters. The molecule has 0 radical (unpaired) electrons. The third-order valence-corrected chi connectivity index (χ3v) is 1.92. The number of rotatable bonds is 4. The van der Waals surface area contributed by atoms with Gasteiger partial charge < -0.3 is 9.88 Å². The Hall–Kier alpha value is -0.830. The van der Waals surface area contributed by atoms with Crippen LogP contribution in [0.15, 0.2) is 6.20 Å². The highest BCUT2D eigenvalue weighted by molar-refractivity contribution is 5.02. The number of hydrogen-bond acceptors (Lipinski definition) is 2. The second kappa shape index (κ2) is 4.26. The molecule has 0 saturated heterocycles. The maximum atomic E-state index is 4.42. The summed E-state index contributed by atoms with van der Waals surface area (Å²) in [7, 11) is 0. The number of aromatic nitrogens is 2. The zero-order valence-electron chi connectivity index (χ0n) is 8.09. The molecule has 0 aliphatic heterocycles. The van der Waals surface area contributed by atoms with Crippen LogP contribution in [-0.4, -0.2) is 16.1 Å². The zero-order valence-corrected chi connectivity index (χ0v) is 8.09. The quantitative estimate of drug-likeness (QED) is 0.733. The van der Waals surface area contributed by atoms with E-state index in [2.05, 4.69) is 34.9 Å². The monoisotopic (exact) mass is 167 g/mol. The van der Waals surface area contributed by atoms with Crippen LogP contribution in [0.1, 0.15) is 25.4 Å². The molecule has 0 unspecified atom stereocenters. The largest absolute Gasteiger partial charge is 0.335 e. The van der Waals surface area contributed by atoms with Crippen molar-refractivity contribution in [3.05, 3.63) is 17.7 Å². The van der Waals surface area contributed by atoms with Gasteiger partial charge in [-0.1, -0.05) is 6.92 Å². The van der Waals surface area contributed by atoms with Crippen LogP contribution < -0.4 is 5.32 Å². The highest BCUT2D eigenvalue weighted by Gasteiger charge is 2.00. The van der Waals surface area contributed by atoms with Gasteiger partial charge in [-0.3, -0.25) is 0 Å². The van der Waals surface area contributed by atoms with Crippen molar-refractivity contribution in [1.29, 1.82) is 0 Å². The third-order valence-electron chi connectivity index (χ3n) is 1.92. The molecule has 1 N–H and O–H groups in total. The van der Waals surface area contributed by atoms with Gasteiger partial charge in [-0.2, -0.15) is 0 Å². The minimum absolute atomic E-state index is 0.879. The number of hydrogen-bond donors (Lipinski definition) is 1. The normalized spacial score (nSPS) is 10.6.